The van der Waals surface area contributed by atoms with Crippen molar-refractivity contribution in [3.05, 3.63) is 124 Å². The molecule has 0 radical (unpaired) electrons. The fourth-order valence-electron chi connectivity index (χ4n) is 4.06. The van der Waals surface area contributed by atoms with E-state index in [-0.39, 0.29) is 11.2 Å². The maximum absolute atomic E-state index is 12.4. The lowest BCUT2D eigenvalue weighted by Gasteiger charge is -2.12. The molecule has 35 heavy (non-hydrogen) atoms. The quantitative estimate of drug-likeness (QED) is 0.213. The standard InChI is InChI=1S/C29H23ClN2O2S/c30-22-13-9-21(10-14-22)18-34-23-15-11-20(12-16-23)17-31-32-28(33)19-35-29-26-7-3-1-5-24(26)25-6-2-4-8-27(25)29/h1-17,29H,18-19H2,(H,32,33)/b31-17-. The van der Waals surface area contributed by atoms with Gasteiger partial charge in [0.05, 0.1) is 17.2 Å². The van der Waals surface area contributed by atoms with Crippen molar-refractivity contribution in [1.29, 1.82) is 0 Å². The molecule has 1 aliphatic rings. The summed E-state index contributed by atoms with van der Waals surface area (Å²) in [5.41, 5.74) is 9.57. The van der Waals surface area contributed by atoms with Crippen molar-refractivity contribution in [3.8, 4) is 16.9 Å². The average Bonchev–Trinajstić information content (AvgIpc) is 3.21. The molecule has 0 fully saturated rings. The lowest BCUT2D eigenvalue weighted by Crippen LogP contribution is -2.20. The molecule has 6 heteroatoms. The lowest BCUT2D eigenvalue weighted by molar-refractivity contribution is -0.118. The van der Waals surface area contributed by atoms with Crippen LogP contribution < -0.4 is 10.2 Å². The monoisotopic (exact) mass is 498 g/mol. The summed E-state index contributed by atoms with van der Waals surface area (Å²) in [5.74, 6) is 0.952. The first-order valence-electron chi connectivity index (χ1n) is 11.3. The number of hydrogen-bond donors (Lipinski definition) is 1. The SMILES string of the molecule is O=C(CSC1c2ccccc2-c2ccccc21)N/N=C\c1ccc(OCc2ccc(Cl)cc2)cc1. The van der Waals surface area contributed by atoms with Gasteiger partial charge in [-0.2, -0.15) is 5.10 Å². The summed E-state index contributed by atoms with van der Waals surface area (Å²) in [6.45, 7) is 0.467. The van der Waals surface area contributed by atoms with Crippen molar-refractivity contribution in [1.82, 2.24) is 5.43 Å². The molecule has 4 aromatic rings. The highest BCUT2D eigenvalue weighted by molar-refractivity contribution is 8.00. The number of halogens is 1. The number of amides is 1. The van der Waals surface area contributed by atoms with E-state index in [0.29, 0.717) is 17.4 Å². The largest absolute Gasteiger partial charge is 0.489 e. The first-order chi connectivity index (χ1) is 17.2. The third kappa shape index (κ3) is 5.59. The van der Waals surface area contributed by atoms with Crippen LogP contribution in [0.5, 0.6) is 5.75 Å². The number of hydrogen-bond acceptors (Lipinski definition) is 4. The molecule has 0 saturated carbocycles. The van der Waals surface area contributed by atoms with Crippen LogP contribution >= 0.6 is 23.4 Å². The Balaban J connectivity index is 1.12. The molecule has 5 rings (SSSR count). The van der Waals surface area contributed by atoms with Crippen LogP contribution in [0, 0.1) is 0 Å². The molecular formula is C29H23ClN2O2S. The van der Waals surface area contributed by atoms with Crippen molar-refractivity contribution < 1.29 is 9.53 Å². The van der Waals surface area contributed by atoms with Gasteiger partial charge in [0.15, 0.2) is 0 Å². The minimum absolute atomic E-state index is 0.129. The van der Waals surface area contributed by atoms with E-state index in [1.807, 2.05) is 48.5 Å². The number of nitrogens with zero attached hydrogens (tertiary/aromatic N) is 1. The van der Waals surface area contributed by atoms with Crippen LogP contribution in [0.3, 0.4) is 0 Å². The van der Waals surface area contributed by atoms with Crippen LogP contribution in [0.25, 0.3) is 11.1 Å². The maximum atomic E-state index is 12.4. The van der Waals surface area contributed by atoms with E-state index in [0.717, 1.165) is 16.9 Å². The van der Waals surface area contributed by atoms with Crippen molar-refractivity contribution in [2.75, 3.05) is 5.75 Å². The van der Waals surface area contributed by atoms with E-state index in [4.69, 9.17) is 16.3 Å². The Kier molecular flexibility index (Phi) is 7.17. The van der Waals surface area contributed by atoms with E-state index in [9.17, 15) is 4.79 Å². The Bertz CT molecular complexity index is 1310. The number of nitrogens with one attached hydrogen (secondary N) is 1. The minimum atomic E-state index is -0.129. The van der Waals surface area contributed by atoms with Gasteiger partial charge in [0.25, 0.3) is 0 Å². The van der Waals surface area contributed by atoms with Crippen LogP contribution in [0.1, 0.15) is 27.5 Å². The predicted molar refractivity (Wildman–Crippen MR) is 144 cm³/mol. The van der Waals surface area contributed by atoms with Crippen LogP contribution in [-0.2, 0) is 11.4 Å². The van der Waals surface area contributed by atoms with Crippen molar-refractivity contribution in [2.45, 2.75) is 11.9 Å². The molecule has 4 nitrogen and oxygen atoms in total. The summed E-state index contributed by atoms with van der Waals surface area (Å²) in [7, 11) is 0. The molecule has 0 unspecified atom stereocenters. The molecule has 0 atom stereocenters. The maximum Gasteiger partial charge on any atom is 0.250 e. The number of rotatable bonds is 8. The van der Waals surface area contributed by atoms with Gasteiger partial charge in [0.2, 0.25) is 5.91 Å². The van der Waals surface area contributed by atoms with E-state index in [1.165, 1.54) is 22.3 Å². The Morgan fingerprint density at radius 3 is 2.17 bits per heavy atom. The molecule has 0 heterocycles. The second kappa shape index (κ2) is 10.8. The van der Waals surface area contributed by atoms with Gasteiger partial charge in [-0.15, -0.1) is 11.8 Å². The second-order valence-corrected chi connectivity index (χ2v) is 9.67. The first-order valence-corrected chi connectivity index (χ1v) is 12.7. The Morgan fingerprint density at radius 2 is 1.51 bits per heavy atom. The summed E-state index contributed by atoms with van der Waals surface area (Å²) in [6.07, 6.45) is 1.63. The summed E-state index contributed by atoms with van der Waals surface area (Å²) in [6, 6.07) is 31.9. The number of benzene rings is 4. The molecule has 0 aromatic heterocycles. The zero-order valence-corrected chi connectivity index (χ0v) is 20.4. The van der Waals surface area contributed by atoms with Crippen LogP contribution in [0.4, 0.5) is 0 Å². The normalized spacial score (nSPS) is 12.4. The number of ether oxygens (including phenoxy) is 1. The van der Waals surface area contributed by atoms with Crippen molar-refractivity contribution >= 4 is 35.5 Å². The first kappa shape index (κ1) is 23.2. The van der Waals surface area contributed by atoms with Gasteiger partial charge >= 0.3 is 0 Å². The number of thioether (sulfide) groups is 1. The molecule has 1 N–H and O–H groups in total. The molecule has 4 aromatic carbocycles. The molecule has 0 bridgehead atoms. The predicted octanol–water partition coefficient (Wildman–Crippen LogP) is 6.87. The molecule has 0 saturated heterocycles. The van der Waals surface area contributed by atoms with E-state index >= 15 is 0 Å². The molecule has 0 aliphatic heterocycles. The number of fused-ring (bicyclic) bond motifs is 3. The molecule has 174 valence electrons. The summed E-state index contributed by atoms with van der Waals surface area (Å²) in [4.78, 5) is 12.4. The second-order valence-electron chi connectivity index (χ2n) is 8.14. The van der Waals surface area contributed by atoms with E-state index in [1.54, 1.807) is 18.0 Å². The van der Waals surface area contributed by atoms with Crippen molar-refractivity contribution in [3.63, 3.8) is 0 Å². The van der Waals surface area contributed by atoms with Crippen LogP contribution in [0.2, 0.25) is 5.02 Å². The van der Waals surface area contributed by atoms with E-state index < -0.39 is 0 Å². The number of carbonyl (C=O) groups excluding carboxylic acids is 1. The third-order valence-corrected chi connectivity index (χ3v) is 7.28. The third-order valence-electron chi connectivity index (χ3n) is 5.76. The topological polar surface area (TPSA) is 50.7 Å². The van der Waals surface area contributed by atoms with Gasteiger partial charge < -0.3 is 4.74 Å². The van der Waals surface area contributed by atoms with Crippen molar-refractivity contribution in [2.24, 2.45) is 5.10 Å². The molecule has 1 amide bonds. The smallest absolute Gasteiger partial charge is 0.250 e. The highest BCUT2D eigenvalue weighted by Gasteiger charge is 2.28. The highest BCUT2D eigenvalue weighted by Crippen LogP contribution is 2.49. The Labute approximate surface area is 214 Å². The Hall–Kier alpha value is -3.54. The summed E-state index contributed by atoms with van der Waals surface area (Å²) < 4.78 is 5.80. The number of carbonyl (C=O) groups is 1. The van der Waals surface area contributed by atoms with Gasteiger partial charge in [-0.3, -0.25) is 4.79 Å². The summed E-state index contributed by atoms with van der Waals surface area (Å²) >= 11 is 7.53. The van der Waals surface area contributed by atoms with E-state index in [2.05, 4.69) is 59.1 Å². The van der Waals surface area contributed by atoms with Gasteiger partial charge in [-0.25, -0.2) is 5.43 Å². The lowest BCUT2D eigenvalue weighted by atomic mass is 10.1. The fraction of sp³-hybridized carbons (Fsp3) is 0.103. The number of hydrazone groups is 1. The average molecular weight is 499 g/mol. The van der Waals surface area contributed by atoms with Crippen LogP contribution in [0.15, 0.2) is 102 Å². The molecule has 0 spiro atoms. The zero-order valence-electron chi connectivity index (χ0n) is 18.9. The van der Waals surface area contributed by atoms with Gasteiger partial charge in [-0.05, 0) is 69.8 Å². The van der Waals surface area contributed by atoms with Crippen LogP contribution in [-0.4, -0.2) is 17.9 Å². The Morgan fingerprint density at radius 1 is 0.886 bits per heavy atom. The van der Waals surface area contributed by atoms with Gasteiger partial charge in [0, 0.05) is 5.02 Å². The fourth-order valence-corrected chi connectivity index (χ4v) is 5.34. The highest BCUT2D eigenvalue weighted by atomic mass is 35.5. The summed E-state index contributed by atoms with van der Waals surface area (Å²) in [5, 5.41) is 4.97. The molecular weight excluding hydrogens is 476 g/mol. The molecule has 1 aliphatic carbocycles. The van der Waals surface area contributed by atoms with Gasteiger partial charge in [0.1, 0.15) is 12.4 Å². The van der Waals surface area contributed by atoms with Gasteiger partial charge in [-0.1, -0.05) is 72.3 Å². The minimum Gasteiger partial charge on any atom is -0.489 e. The zero-order chi connectivity index (χ0) is 24.0.